The fraction of sp³-hybridized carbons (Fsp3) is 0.250. The first-order chi connectivity index (χ1) is 4.20. The molecule has 0 aromatic carbocycles. The molecule has 0 saturated carbocycles. The van der Waals surface area contributed by atoms with E-state index in [4.69, 9.17) is 0 Å². The van der Waals surface area contributed by atoms with Crippen LogP contribution in [0.1, 0.15) is 12.1 Å². The summed E-state index contributed by atoms with van der Waals surface area (Å²) in [4.78, 5) is 0. The zero-order valence-electron chi connectivity index (χ0n) is 4.33. The summed E-state index contributed by atoms with van der Waals surface area (Å²) in [6, 6.07) is 1.22. The van der Waals surface area contributed by atoms with Crippen molar-refractivity contribution in [2.24, 2.45) is 0 Å². The van der Waals surface area contributed by atoms with Crippen LogP contribution in [0, 0.1) is 0 Å². The van der Waals surface area contributed by atoms with Gasteiger partial charge in [0.15, 0.2) is 0 Å². The van der Waals surface area contributed by atoms with Gasteiger partial charge in [-0.3, -0.25) is 0 Å². The molecule has 0 radical (unpaired) electrons. The monoisotopic (exact) mass is 150 g/mol. The van der Waals surface area contributed by atoms with Crippen LogP contribution in [-0.4, -0.2) is 9.19 Å². The maximum absolute atomic E-state index is 11.7. The molecule has 0 atom stereocenters. The molecule has 0 unspecified atom stereocenters. The summed E-state index contributed by atoms with van der Waals surface area (Å²) < 4.78 is 24.4. The Hall–Kier alpha value is -0.580. The van der Waals surface area contributed by atoms with Crippen molar-refractivity contribution < 1.29 is 8.78 Å². The van der Waals surface area contributed by atoms with E-state index in [1.807, 2.05) is 0 Å². The minimum absolute atomic E-state index is 0.245. The van der Waals surface area contributed by atoms with E-state index >= 15 is 0 Å². The van der Waals surface area contributed by atoms with Crippen molar-refractivity contribution in [3.05, 3.63) is 18.0 Å². The van der Waals surface area contributed by atoms with Crippen LogP contribution in [-0.2, 0) is 0 Å². The summed E-state index contributed by atoms with van der Waals surface area (Å²) in [7, 11) is 0. The Morgan fingerprint density at radius 3 is 2.56 bits per heavy atom. The minimum Gasteiger partial charge on any atom is -0.217 e. The standard InChI is InChI=1S/C4H4F2N2S/c5-4(6)3-1-2-8(9)7-3/h1-2,4,9H. The molecule has 0 aliphatic carbocycles. The lowest BCUT2D eigenvalue weighted by Crippen LogP contribution is -1.86. The zero-order chi connectivity index (χ0) is 6.85. The van der Waals surface area contributed by atoms with Crippen LogP contribution in [0.25, 0.3) is 0 Å². The molecule has 1 aromatic heterocycles. The molecule has 0 saturated heterocycles. The predicted octanol–water partition coefficient (Wildman–Crippen LogP) is 1.51. The number of alkyl halides is 2. The summed E-state index contributed by atoms with van der Waals surface area (Å²) >= 11 is 3.67. The zero-order valence-corrected chi connectivity index (χ0v) is 5.22. The van der Waals surface area contributed by atoms with Gasteiger partial charge in [0, 0.05) is 6.20 Å². The molecule has 2 nitrogen and oxygen atoms in total. The Kier molecular flexibility index (Phi) is 1.70. The van der Waals surface area contributed by atoms with Gasteiger partial charge in [-0.15, -0.1) is 0 Å². The second kappa shape index (κ2) is 2.34. The number of nitrogens with zero attached hydrogens (tertiary/aromatic N) is 2. The van der Waals surface area contributed by atoms with E-state index in [1.165, 1.54) is 12.3 Å². The Morgan fingerprint density at radius 2 is 2.33 bits per heavy atom. The maximum Gasteiger partial charge on any atom is 0.282 e. The molecule has 0 aliphatic rings. The normalized spacial score (nSPS) is 10.7. The number of aromatic nitrogens is 2. The largest absolute Gasteiger partial charge is 0.282 e. The topological polar surface area (TPSA) is 17.8 Å². The summed E-state index contributed by atoms with van der Waals surface area (Å²) in [5.74, 6) is 0. The first-order valence-electron chi connectivity index (χ1n) is 2.23. The predicted molar refractivity (Wildman–Crippen MR) is 31.6 cm³/mol. The van der Waals surface area contributed by atoms with Crippen LogP contribution >= 0.6 is 12.8 Å². The summed E-state index contributed by atoms with van der Waals surface area (Å²) in [5.41, 5.74) is -0.245. The molecule has 0 fully saturated rings. The Bertz CT molecular complexity index is 198. The average molecular weight is 150 g/mol. The fourth-order valence-electron chi connectivity index (χ4n) is 0.444. The van der Waals surface area contributed by atoms with Crippen LogP contribution in [0.4, 0.5) is 8.78 Å². The van der Waals surface area contributed by atoms with E-state index in [-0.39, 0.29) is 5.69 Å². The molecule has 9 heavy (non-hydrogen) atoms. The van der Waals surface area contributed by atoms with Crippen molar-refractivity contribution in [2.75, 3.05) is 0 Å². The van der Waals surface area contributed by atoms with E-state index in [2.05, 4.69) is 17.9 Å². The lowest BCUT2D eigenvalue weighted by molar-refractivity contribution is 0.146. The Balaban J connectivity index is 2.85. The van der Waals surface area contributed by atoms with Crippen molar-refractivity contribution in [3.63, 3.8) is 0 Å². The van der Waals surface area contributed by atoms with E-state index in [1.54, 1.807) is 0 Å². The van der Waals surface area contributed by atoms with Gasteiger partial charge in [0.25, 0.3) is 6.43 Å². The molecule has 0 amide bonds. The summed E-state index contributed by atoms with van der Waals surface area (Å²) in [6.07, 6.45) is -1.15. The molecule has 0 aliphatic heterocycles. The molecule has 1 aromatic rings. The van der Waals surface area contributed by atoms with Crippen LogP contribution < -0.4 is 0 Å². The van der Waals surface area contributed by atoms with Crippen LogP contribution in [0.5, 0.6) is 0 Å². The van der Waals surface area contributed by atoms with E-state index in [9.17, 15) is 8.78 Å². The molecule has 0 spiro atoms. The molecular formula is C4H4F2N2S. The molecule has 5 heteroatoms. The minimum atomic E-state index is -2.50. The first kappa shape index (κ1) is 6.54. The van der Waals surface area contributed by atoms with Gasteiger partial charge in [0.2, 0.25) is 0 Å². The van der Waals surface area contributed by atoms with Crippen LogP contribution in [0.2, 0.25) is 0 Å². The van der Waals surface area contributed by atoms with Gasteiger partial charge in [-0.2, -0.15) is 5.10 Å². The highest BCUT2D eigenvalue weighted by molar-refractivity contribution is 7.78. The molecule has 1 rings (SSSR count). The second-order valence-electron chi connectivity index (χ2n) is 1.46. The number of hydrogen-bond acceptors (Lipinski definition) is 2. The van der Waals surface area contributed by atoms with E-state index in [0.717, 1.165) is 4.09 Å². The summed E-state index contributed by atoms with van der Waals surface area (Å²) in [6.45, 7) is 0. The number of rotatable bonds is 1. The van der Waals surface area contributed by atoms with E-state index in [0.29, 0.717) is 0 Å². The van der Waals surface area contributed by atoms with Crippen molar-refractivity contribution in [1.82, 2.24) is 9.19 Å². The van der Waals surface area contributed by atoms with Gasteiger partial charge in [0.1, 0.15) is 5.69 Å². The van der Waals surface area contributed by atoms with Crippen LogP contribution in [0.3, 0.4) is 0 Å². The highest BCUT2D eigenvalue weighted by Gasteiger charge is 2.08. The highest BCUT2D eigenvalue weighted by atomic mass is 32.1. The van der Waals surface area contributed by atoms with Gasteiger partial charge >= 0.3 is 0 Å². The maximum atomic E-state index is 11.7. The Morgan fingerprint density at radius 1 is 1.67 bits per heavy atom. The molecule has 0 bridgehead atoms. The molecular weight excluding hydrogens is 146 g/mol. The number of halogens is 2. The SMILES string of the molecule is FC(F)c1ccn(S)n1. The van der Waals surface area contributed by atoms with Gasteiger partial charge in [-0.1, -0.05) is 0 Å². The van der Waals surface area contributed by atoms with Crippen molar-refractivity contribution in [1.29, 1.82) is 0 Å². The third kappa shape index (κ3) is 1.41. The van der Waals surface area contributed by atoms with Crippen LogP contribution in [0.15, 0.2) is 12.3 Å². The molecule has 0 N–H and O–H groups in total. The highest BCUT2D eigenvalue weighted by Crippen LogP contribution is 2.15. The van der Waals surface area contributed by atoms with Crippen molar-refractivity contribution >= 4 is 12.8 Å². The first-order valence-corrected chi connectivity index (χ1v) is 2.63. The van der Waals surface area contributed by atoms with Gasteiger partial charge in [-0.25, -0.2) is 12.9 Å². The lowest BCUT2D eigenvalue weighted by Gasteiger charge is -1.87. The van der Waals surface area contributed by atoms with Crippen molar-refractivity contribution in [3.8, 4) is 0 Å². The lowest BCUT2D eigenvalue weighted by atomic mass is 10.5. The van der Waals surface area contributed by atoms with Gasteiger partial charge in [0.05, 0.1) is 0 Å². The van der Waals surface area contributed by atoms with Crippen molar-refractivity contribution in [2.45, 2.75) is 6.43 Å². The fourth-order valence-corrected chi connectivity index (χ4v) is 0.614. The number of hydrogen-bond donors (Lipinski definition) is 1. The third-order valence-corrected chi connectivity index (χ3v) is 1.04. The molecule has 1 heterocycles. The Labute approximate surface area is 56.0 Å². The molecule has 50 valence electrons. The second-order valence-corrected chi connectivity index (χ2v) is 1.87. The average Bonchev–Trinajstić information content (AvgIpc) is 2.14. The van der Waals surface area contributed by atoms with Gasteiger partial charge in [-0.05, 0) is 18.9 Å². The summed E-state index contributed by atoms with van der Waals surface area (Å²) in [5, 5.41) is 3.34. The smallest absolute Gasteiger partial charge is 0.217 e. The number of thiol groups is 1. The third-order valence-electron chi connectivity index (χ3n) is 0.820. The van der Waals surface area contributed by atoms with Gasteiger partial charge < -0.3 is 0 Å². The van der Waals surface area contributed by atoms with E-state index < -0.39 is 6.43 Å². The quantitative estimate of drug-likeness (QED) is 0.601.